The zero-order valence-electron chi connectivity index (χ0n) is 13.3. The Hall–Kier alpha value is -2.40. The fraction of sp³-hybridized carbons (Fsp3) is 0.235. The molecular formula is C17H19ClN2O3. The van der Waals surface area contributed by atoms with Crippen molar-refractivity contribution in [3.63, 3.8) is 0 Å². The summed E-state index contributed by atoms with van der Waals surface area (Å²) < 4.78 is 10.2. The number of carbonyl (C=O) groups is 1. The molecule has 0 aromatic heterocycles. The molecule has 0 aliphatic heterocycles. The molecule has 0 saturated heterocycles. The van der Waals surface area contributed by atoms with Crippen molar-refractivity contribution in [2.24, 2.45) is 0 Å². The lowest BCUT2D eigenvalue weighted by atomic mass is 10.2. The summed E-state index contributed by atoms with van der Waals surface area (Å²) in [6, 6.07) is 11.0. The zero-order chi connectivity index (χ0) is 16.8. The minimum Gasteiger partial charge on any atom is -0.495 e. The number of hydrogen-bond acceptors (Lipinski definition) is 4. The molecule has 0 unspecified atom stereocenters. The van der Waals surface area contributed by atoms with Crippen LogP contribution in [0.25, 0.3) is 0 Å². The second-order valence-corrected chi connectivity index (χ2v) is 5.26. The van der Waals surface area contributed by atoms with Gasteiger partial charge in [-0.25, -0.2) is 4.79 Å². The number of halogens is 1. The SMILES string of the molecule is CCOC(=O)Nc1ccc(Nc2cc(C)c(Cl)cc2OC)cc1. The van der Waals surface area contributed by atoms with E-state index in [1.165, 1.54) is 0 Å². The van der Waals surface area contributed by atoms with Crippen LogP contribution in [0.15, 0.2) is 36.4 Å². The lowest BCUT2D eigenvalue weighted by Gasteiger charge is -2.13. The summed E-state index contributed by atoms with van der Waals surface area (Å²) in [5, 5.41) is 6.57. The minimum absolute atomic E-state index is 0.335. The molecule has 0 aliphatic carbocycles. The molecule has 0 radical (unpaired) electrons. The van der Waals surface area contributed by atoms with Gasteiger partial charge >= 0.3 is 6.09 Å². The van der Waals surface area contributed by atoms with Gasteiger partial charge in [-0.2, -0.15) is 0 Å². The van der Waals surface area contributed by atoms with Gasteiger partial charge in [-0.15, -0.1) is 0 Å². The predicted molar refractivity (Wildman–Crippen MR) is 93.1 cm³/mol. The summed E-state index contributed by atoms with van der Waals surface area (Å²) in [6.07, 6.45) is -0.469. The lowest BCUT2D eigenvalue weighted by Crippen LogP contribution is -2.13. The van der Waals surface area contributed by atoms with Gasteiger partial charge in [-0.1, -0.05) is 11.6 Å². The van der Waals surface area contributed by atoms with Crippen molar-refractivity contribution < 1.29 is 14.3 Å². The van der Waals surface area contributed by atoms with E-state index in [9.17, 15) is 4.79 Å². The Morgan fingerprint density at radius 2 is 1.83 bits per heavy atom. The summed E-state index contributed by atoms with van der Waals surface area (Å²) in [7, 11) is 1.60. The third-order valence-electron chi connectivity index (χ3n) is 3.17. The van der Waals surface area contributed by atoms with Crippen LogP contribution in [0.4, 0.5) is 21.9 Å². The monoisotopic (exact) mass is 334 g/mol. The van der Waals surface area contributed by atoms with E-state index in [0.29, 0.717) is 23.1 Å². The van der Waals surface area contributed by atoms with E-state index in [-0.39, 0.29) is 0 Å². The quantitative estimate of drug-likeness (QED) is 0.810. The number of rotatable bonds is 5. The Kier molecular flexibility index (Phi) is 5.71. The van der Waals surface area contributed by atoms with Gasteiger partial charge in [0.25, 0.3) is 0 Å². The number of aryl methyl sites for hydroxylation is 1. The molecule has 0 atom stereocenters. The summed E-state index contributed by atoms with van der Waals surface area (Å²) >= 11 is 6.10. The van der Waals surface area contributed by atoms with Gasteiger partial charge in [0.1, 0.15) is 5.75 Å². The molecule has 0 spiro atoms. The predicted octanol–water partition coefficient (Wildman–Crippen LogP) is 4.97. The standard InChI is InChI=1S/C17H19ClN2O3/c1-4-23-17(21)20-13-7-5-12(6-8-13)19-15-9-11(2)14(18)10-16(15)22-3/h5-10,19H,4H2,1-3H3,(H,20,21). The van der Waals surface area contributed by atoms with E-state index < -0.39 is 6.09 Å². The number of carbonyl (C=O) groups excluding carboxylic acids is 1. The summed E-state index contributed by atoms with van der Waals surface area (Å²) in [5.41, 5.74) is 3.30. The number of anilines is 3. The first kappa shape index (κ1) is 17.0. The molecule has 6 heteroatoms. The van der Waals surface area contributed by atoms with Crippen molar-refractivity contribution in [1.82, 2.24) is 0 Å². The molecule has 2 rings (SSSR count). The van der Waals surface area contributed by atoms with Crippen molar-refractivity contribution in [1.29, 1.82) is 0 Å². The first-order valence-electron chi connectivity index (χ1n) is 7.18. The highest BCUT2D eigenvalue weighted by molar-refractivity contribution is 6.31. The van der Waals surface area contributed by atoms with Crippen molar-refractivity contribution in [3.8, 4) is 5.75 Å². The second kappa shape index (κ2) is 7.74. The molecule has 122 valence electrons. The Bertz CT molecular complexity index is 687. The van der Waals surface area contributed by atoms with Crippen LogP contribution in [-0.4, -0.2) is 19.8 Å². The third kappa shape index (κ3) is 4.53. The first-order valence-corrected chi connectivity index (χ1v) is 7.56. The van der Waals surface area contributed by atoms with Crippen LogP contribution in [0.3, 0.4) is 0 Å². The highest BCUT2D eigenvalue weighted by Crippen LogP contribution is 2.33. The second-order valence-electron chi connectivity index (χ2n) is 4.85. The van der Waals surface area contributed by atoms with Gasteiger partial charge in [0.2, 0.25) is 0 Å². The fourth-order valence-electron chi connectivity index (χ4n) is 2.01. The minimum atomic E-state index is -0.469. The Balaban J connectivity index is 2.12. The molecule has 0 aliphatic rings. The van der Waals surface area contributed by atoms with Crippen LogP contribution in [0.2, 0.25) is 5.02 Å². The largest absolute Gasteiger partial charge is 0.495 e. The molecule has 2 N–H and O–H groups in total. The maximum Gasteiger partial charge on any atom is 0.411 e. The number of benzene rings is 2. The Morgan fingerprint density at radius 1 is 1.17 bits per heavy atom. The van der Waals surface area contributed by atoms with E-state index >= 15 is 0 Å². The molecular weight excluding hydrogens is 316 g/mol. The number of nitrogens with one attached hydrogen (secondary N) is 2. The van der Waals surface area contributed by atoms with E-state index in [0.717, 1.165) is 16.9 Å². The first-order chi connectivity index (χ1) is 11.0. The van der Waals surface area contributed by atoms with Crippen LogP contribution in [-0.2, 0) is 4.74 Å². The topological polar surface area (TPSA) is 59.6 Å². The van der Waals surface area contributed by atoms with Crippen molar-refractivity contribution in [2.75, 3.05) is 24.4 Å². The number of methoxy groups -OCH3 is 1. The van der Waals surface area contributed by atoms with Crippen LogP contribution in [0.5, 0.6) is 5.75 Å². The van der Waals surface area contributed by atoms with Crippen LogP contribution in [0.1, 0.15) is 12.5 Å². The van der Waals surface area contributed by atoms with Crippen molar-refractivity contribution in [3.05, 3.63) is 47.0 Å². The molecule has 23 heavy (non-hydrogen) atoms. The summed E-state index contributed by atoms with van der Waals surface area (Å²) in [6.45, 7) is 4.02. The molecule has 1 amide bonds. The number of hydrogen-bond donors (Lipinski definition) is 2. The van der Waals surface area contributed by atoms with Gasteiger partial charge in [0.15, 0.2) is 0 Å². The molecule has 5 nitrogen and oxygen atoms in total. The van der Waals surface area contributed by atoms with Gasteiger partial charge < -0.3 is 14.8 Å². The van der Waals surface area contributed by atoms with E-state index in [1.54, 1.807) is 32.2 Å². The average Bonchev–Trinajstić information content (AvgIpc) is 2.52. The summed E-state index contributed by atoms with van der Waals surface area (Å²) in [4.78, 5) is 11.4. The average molecular weight is 335 g/mol. The molecule has 0 heterocycles. The highest BCUT2D eigenvalue weighted by atomic mass is 35.5. The van der Waals surface area contributed by atoms with E-state index in [4.69, 9.17) is 21.1 Å². The van der Waals surface area contributed by atoms with Gasteiger partial charge in [-0.05, 0) is 49.7 Å². The molecule has 0 saturated carbocycles. The zero-order valence-corrected chi connectivity index (χ0v) is 14.0. The highest BCUT2D eigenvalue weighted by Gasteiger charge is 2.08. The maximum atomic E-state index is 11.4. The summed E-state index contributed by atoms with van der Waals surface area (Å²) in [5.74, 6) is 0.661. The number of amides is 1. The van der Waals surface area contributed by atoms with Gasteiger partial charge in [0.05, 0.1) is 19.4 Å². The Morgan fingerprint density at radius 3 is 2.43 bits per heavy atom. The third-order valence-corrected chi connectivity index (χ3v) is 3.57. The number of ether oxygens (including phenoxy) is 2. The van der Waals surface area contributed by atoms with E-state index in [1.807, 2.05) is 25.1 Å². The van der Waals surface area contributed by atoms with Crippen molar-refractivity contribution >= 4 is 34.8 Å². The van der Waals surface area contributed by atoms with Crippen LogP contribution in [0, 0.1) is 6.92 Å². The van der Waals surface area contributed by atoms with Gasteiger partial charge in [-0.3, -0.25) is 5.32 Å². The smallest absolute Gasteiger partial charge is 0.411 e. The molecule has 2 aromatic rings. The Labute approximate surface area is 140 Å². The molecule has 0 bridgehead atoms. The van der Waals surface area contributed by atoms with Crippen molar-refractivity contribution in [2.45, 2.75) is 13.8 Å². The molecule has 2 aromatic carbocycles. The normalized spacial score (nSPS) is 10.1. The van der Waals surface area contributed by atoms with Crippen LogP contribution < -0.4 is 15.4 Å². The fourth-order valence-corrected chi connectivity index (χ4v) is 2.16. The van der Waals surface area contributed by atoms with Crippen LogP contribution >= 0.6 is 11.6 Å². The maximum absolute atomic E-state index is 11.4. The molecule has 0 fully saturated rings. The van der Waals surface area contributed by atoms with Gasteiger partial charge in [0, 0.05) is 22.5 Å². The van der Waals surface area contributed by atoms with E-state index in [2.05, 4.69) is 10.6 Å². The lowest BCUT2D eigenvalue weighted by molar-refractivity contribution is 0.168.